The van der Waals surface area contributed by atoms with Crippen LogP contribution >= 0.6 is 11.3 Å². The number of hydrogen-bond donors (Lipinski definition) is 1. The van der Waals surface area contributed by atoms with Crippen LogP contribution in [0.1, 0.15) is 60.6 Å². The number of aryl methyl sites for hydroxylation is 1. The summed E-state index contributed by atoms with van der Waals surface area (Å²) in [5.74, 6) is -0.000798. The van der Waals surface area contributed by atoms with Crippen molar-refractivity contribution in [3.63, 3.8) is 0 Å². The predicted molar refractivity (Wildman–Crippen MR) is 106 cm³/mol. The molecule has 1 N–H and O–H groups in total. The molecule has 0 unspecified atom stereocenters. The minimum Gasteiger partial charge on any atom is -0.349 e. The van der Waals surface area contributed by atoms with Gasteiger partial charge in [-0.05, 0) is 38.2 Å². The molecule has 0 aliphatic carbocycles. The van der Waals surface area contributed by atoms with Gasteiger partial charge in [0, 0.05) is 17.5 Å². The Morgan fingerprint density at radius 3 is 2.86 bits per heavy atom. The van der Waals surface area contributed by atoms with Gasteiger partial charge >= 0.3 is 0 Å². The molecule has 0 saturated carbocycles. The Labute approximate surface area is 168 Å². The molecule has 2 bridgehead atoms. The molecule has 0 spiro atoms. The first-order valence-electron chi connectivity index (χ1n) is 9.90. The average Bonchev–Trinajstić information content (AvgIpc) is 3.45. The summed E-state index contributed by atoms with van der Waals surface area (Å²) in [6.45, 7) is 4.57. The maximum Gasteiger partial charge on any atom is 0.256 e. The predicted octanol–water partition coefficient (Wildman–Crippen LogP) is 2.59. The number of carbonyl (C=O) groups is 2. The third-order valence-corrected chi connectivity index (χ3v) is 7.15. The van der Waals surface area contributed by atoms with Gasteiger partial charge in [-0.2, -0.15) is 10.2 Å². The number of carbonyl (C=O) groups excluding carboxylic acids is 2. The summed E-state index contributed by atoms with van der Waals surface area (Å²) >= 11 is 1.58. The Hall–Kier alpha value is -2.35. The first-order valence-corrected chi connectivity index (χ1v) is 10.8. The zero-order chi connectivity index (χ0) is 19.7. The van der Waals surface area contributed by atoms with Crippen molar-refractivity contribution in [3.05, 3.63) is 40.1 Å². The summed E-state index contributed by atoms with van der Waals surface area (Å²) in [7, 11) is 0. The van der Waals surface area contributed by atoms with Gasteiger partial charge in [-0.3, -0.25) is 9.59 Å². The van der Waals surface area contributed by atoms with E-state index >= 15 is 0 Å². The van der Waals surface area contributed by atoms with Crippen molar-refractivity contribution in [1.29, 1.82) is 0 Å². The quantitative estimate of drug-likeness (QED) is 0.807. The lowest BCUT2D eigenvalue weighted by atomic mass is 9.71. The maximum absolute atomic E-state index is 13.2. The van der Waals surface area contributed by atoms with E-state index in [0.717, 1.165) is 42.8 Å². The molecule has 2 amide bonds. The smallest absolute Gasteiger partial charge is 0.256 e. The van der Waals surface area contributed by atoms with E-state index in [1.807, 2.05) is 10.3 Å². The van der Waals surface area contributed by atoms with E-state index in [1.165, 1.54) is 12.4 Å². The Morgan fingerprint density at radius 2 is 2.18 bits per heavy atom. The Bertz CT molecular complexity index is 870. The van der Waals surface area contributed by atoms with Crippen LogP contribution in [-0.4, -0.2) is 44.0 Å². The minimum atomic E-state index is -0.524. The van der Waals surface area contributed by atoms with E-state index in [1.54, 1.807) is 17.4 Å². The number of hydrogen-bond acceptors (Lipinski definition) is 6. The molecule has 0 aromatic carbocycles. The van der Waals surface area contributed by atoms with Gasteiger partial charge in [-0.25, -0.2) is 4.98 Å². The molecular formula is C20H25N5O2S. The van der Waals surface area contributed by atoms with Crippen LogP contribution in [0.5, 0.6) is 0 Å². The number of nitrogens with one attached hydrogen (secondary N) is 1. The third-order valence-electron chi connectivity index (χ3n) is 6.25. The Kier molecular flexibility index (Phi) is 5.14. The van der Waals surface area contributed by atoms with Gasteiger partial charge in [0.2, 0.25) is 5.91 Å². The highest BCUT2D eigenvalue weighted by Gasteiger charge is 2.60. The molecule has 148 valence electrons. The molecule has 4 heterocycles. The van der Waals surface area contributed by atoms with Gasteiger partial charge in [-0.15, -0.1) is 11.3 Å². The third kappa shape index (κ3) is 3.09. The largest absolute Gasteiger partial charge is 0.349 e. The number of aromatic nitrogens is 3. The number of amides is 2. The lowest BCUT2D eigenvalue weighted by Gasteiger charge is -2.35. The maximum atomic E-state index is 13.2. The molecule has 4 rings (SSSR count). The molecule has 8 heteroatoms. The van der Waals surface area contributed by atoms with E-state index in [-0.39, 0.29) is 23.9 Å². The molecule has 2 aliphatic rings. The molecule has 2 aromatic heterocycles. The molecule has 7 nitrogen and oxygen atoms in total. The average molecular weight is 400 g/mol. The molecule has 2 fully saturated rings. The fourth-order valence-corrected chi connectivity index (χ4v) is 5.58. The standard InChI is InChI=1S/C20H25N5O2S/c1-3-14-12-28-17(24-14)11-21-19(27)20(4-2)9-15-5-6-16(20)25(15)18(26)13-7-8-22-23-10-13/h7-8,10,12,15-16H,3-6,9,11H2,1-2H3,(H,21,27)/t15-,16+,20+/m1/s1. The summed E-state index contributed by atoms with van der Waals surface area (Å²) in [4.78, 5) is 32.8. The monoisotopic (exact) mass is 399 g/mol. The van der Waals surface area contributed by atoms with Crippen molar-refractivity contribution in [2.24, 2.45) is 5.41 Å². The van der Waals surface area contributed by atoms with Crippen LogP contribution in [0, 0.1) is 5.41 Å². The van der Waals surface area contributed by atoms with Crippen LogP contribution in [0.3, 0.4) is 0 Å². The molecule has 2 aliphatic heterocycles. The van der Waals surface area contributed by atoms with Crippen molar-refractivity contribution in [3.8, 4) is 0 Å². The van der Waals surface area contributed by atoms with Crippen molar-refractivity contribution in [2.45, 2.75) is 64.6 Å². The number of rotatable bonds is 6. The first-order chi connectivity index (χ1) is 13.6. The molecule has 28 heavy (non-hydrogen) atoms. The van der Waals surface area contributed by atoms with E-state index in [4.69, 9.17) is 0 Å². The number of thiazole rings is 1. The Morgan fingerprint density at radius 1 is 1.32 bits per heavy atom. The minimum absolute atomic E-state index is 0.0427. The van der Waals surface area contributed by atoms with E-state index < -0.39 is 5.41 Å². The topological polar surface area (TPSA) is 88.1 Å². The van der Waals surface area contributed by atoms with Crippen molar-refractivity contribution in [1.82, 2.24) is 25.4 Å². The van der Waals surface area contributed by atoms with E-state index in [2.05, 4.69) is 34.3 Å². The number of nitrogens with zero attached hydrogens (tertiary/aromatic N) is 4. The molecule has 0 radical (unpaired) electrons. The fraction of sp³-hybridized carbons (Fsp3) is 0.550. The SMILES string of the molecule is CCc1csc(CNC(=O)[C@@]2(CC)C[C@H]3CC[C@@H]2N3C(=O)c2ccnnc2)n1. The second-order valence-corrected chi connectivity index (χ2v) is 8.52. The van der Waals surface area contributed by atoms with Gasteiger partial charge in [0.25, 0.3) is 5.91 Å². The summed E-state index contributed by atoms with van der Waals surface area (Å²) in [6.07, 6.45) is 7.20. The van der Waals surface area contributed by atoms with Crippen molar-refractivity contribution >= 4 is 23.2 Å². The molecule has 2 saturated heterocycles. The fourth-order valence-electron chi connectivity index (χ4n) is 4.76. The zero-order valence-electron chi connectivity index (χ0n) is 16.2. The molecule has 3 atom stereocenters. The summed E-state index contributed by atoms with van der Waals surface area (Å²) in [5.41, 5.74) is 1.07. The van der Waals surface area contributed by atoms with E-state index in [9.17, 15) is 9.59 Å². The van der Waals surface area contributed by atoms with Gasteiger partial charge in [0.05, 0.1) is 35.6 Å². The van der Waals surface area contributed by atoms with Crippen LogP contribution in [0.4, 0.5) is 0 Å². The highest BCUT2D eigenvalue weighted by Crippen LogP contribution is 2.52. The first kappa shape index (κ1) is 19.0. The van der Waals surface area contributed by atoms with Gasteiger partial charge in [0.15, 0.2) is 0 Å². The van der Waals surface area contributed by atoms with Crippen LogP contribution < -0.4 is 5.32 Å². The zero-order valence-corrected chi connectivity index (χ0v) is 17.0. The Balaban J connectivity index is 1.51. The van der Waals surface area contributed by atoms with Crippen LogP contribution in [0.15, 0.2) is 23.8 Å². The van der Waals surface area contributed by atoms with Crippen molar-refractivity contribution < 1.29 is 9.59 Å². The summed E-state index contributed by atoms with van der Waals surface area (Å²) in [5, 5.41) is 13.6. The lowest BCUT2D eigenvalue weighted by molar-refractivity contribution is -0.133. The van der Waals surface area contributed by atoms with Gasteiger partial charge in [0.1, 0.15) is 5.01 Å². The van der Waals surface area contributed by atoms with Crippen LogP contribution in [0.25, 0.3) is 0 Å². The highest BCUT2D eigenvalue weighted by molar-refractivity contribution is 7.09. The number of fused-ring (bicyclic) bond motifs is 2. The normalized spacial score (nSPS) is 25.9. The summed E-state index contributed by atoms with van der Waals surface area (Å²) < 4.78 is 0. The van der Waals surface area contributed by atoms with E-state index in [0.29, 0.717) is 12.1 Å². The van der Waals surface area contributed by atoms with Gasteiger partial charge < -0.3 is 10.2 Å². The second kappa shape index (κ2) is 7.58. The van der Waals surface area contributed by atoms with Crippen LogP contribution in [0.2, 0.25) is 0 Å². The van der Waals surface area contributed by atoms with Crippen molar-refractivity contribution in [2.75, 3.05) is 0 Å². The highest BCUT2D eigenvalue weighted by atomic mass is 32.1. The molecule has 2 aromatic rings. The molecular weight excluding hydrogens is 374 g/mol. The van der Waals surface area contributed by atoms with Gasteiger partial charge in [-0.1, -0.05) is 13.8 Å². The van der Waals surface area contributed by atoms with Crippen LogP contribution in [-0.2, 0) is 17.8 Å². The summed E-state index contributed by atoms with van der Waals surface area (Å²) in [6, 6.07) is 1.74. The second-order valence-electron chi connectivity index (χ2n) is 7.57. The lowest BCUT2D eigenvalue weighted by Crippen LogP contribution is -2.49.